The molecule has 0 saturated heterocycles. The van der Waals surface area contributed by atoms with Gasteiger partial charge in [-0.05, 0) is 25.1 Å². The molecule has 1 aromatic heterocycles. The first kappa shape index (κ1) is 19.8. The molecule has 0 aliphatic heterocycles. The Hall–Kier alpha value is -3.94. The lowest BCUT2D eigenvalue weighted by Gasteiger charge is -2.10. The van der Waals surface area contributed by atoms with Gasteiger partial charge in [0.05, 0.1) is 25.3 Å². The Balaban J connectivity index is 1.99. The molecule has 0 aliphatic rings. The number of amides is 1. The summed E-state index contributed by atoms with van der Waals surface area (Å²) in [5.41, 5.74) is 1.76. The van der Waals surface area contributed by atoms with E-state index in [1.165, 1.54) is 32.4 Å². The SMILES string of the molecule is COC(=O)c1cc(NC(=O)c2c(-c3ccccc3)noc2C)cc(C(=O)OC)c1. The Morgan fingerprint density at radius 3 is 2.07 bits per heavy atom. The number of nitrogens with zero attached hydrogens (tertiary/aromatic N) is 1. The molecule has 148 valence electrons. The number of aromatic nitrogens is 1. The molecule has 0 saturated carbocycles. The van der Waals surface area contributed by atoms with E-state index in [-0.39, 0.29) is 22.4 Å². The van der Waals surface area contributed by atoms with E-state index in [4.69, 9.17) is 14.0 Å². The molecule has 3 rings (SSSR count). The second-order valence-corrected chi connectivity index (χ2v) is 6.06. The number of ether oxygens (including phenoxy) is 2. The Morgan fingerprint density at radius 1 is 0.931 bits per heavy atom. The molecule has 0 unspecified atom stereocenters. The summed E-state index contributed by atoms with van der Waals surface area (Å²) in [7, 11) is 2.44. The zero-order valence-electron chi connectivity index (χ0n) is 16.0. The molecule has 3 aromatic rings. The van der Waals surface area contributed by atoms with Crippen molar-refractivity contribution in [3.8, 4) is 11.3 Å². The maximum absolute atomic E-state index is 12.9. The monoisotopic (exact) mass is 394 g/mol. The zero-order chi connectivity index (χ0) is 21.0. The molecule has 0 spiro atoms. The molecule has 0 atom stereocenters. The molecule has 0 bridgehead atoms. The van der Waals surface area contributed by atoms with E-state index < -0.39 is 17.8 Å². The number of carbonyl (C=O) groups is 3. The Morgan fingerprint density at radius 2 is 1.52 bits per heavy atom. The third kappa shape index (κ3) is 4.16. The van der Waals surface area contributed by atoms with Gasteiger partial charge in [-0.25, -0.2) is 9.59 Å². The molecule has 8 nitrogen and oxygen atoms in total. The molecule has 1 heterocycles. The minimum absolute atomic E-state index is 0.0935. The Labute approximate surface area is 166 Å². The van der Waals surface area contributed by atoms with Gasteiger partial charge in [-0.2, -0.15) is 0 Å². The van der Waals surface area contributed by atoms with E-state index in [0.29, 0.717) is 17.0 Å². The van der Waals surface area contributed by atoms with Crippen molar-refractivity contribution in [2.45, 2.75) is 6.92 Å². The molecule has 29 heavy (non-hydrogen) atoms. The molecule has 0 fully saturated rings. The summed E-state index contributed by atoms with van der Waals surface area (Å²) in [4.78, 5) is 36.8. The van der Waals surface area contributed by atoms with Crippen LogP contribution in [0.3, 0.4) is 0 Å². The number of hydrogen-bond acceptors (Lipinski definition) is 7. The van der Waals surface area contributed by atoms with Gasteiger partial charge in [-0.15, -0.1) is 0 Å². The molecular weight excluding hydrogens is 376 g/mol. The van der Waals surface area contributed by atoms with Crippen molar-refractivity contribution in [3.63, 3.8) is 0 Å². The third-order valence-corrected chi connectivity index (χ3v) is 4.17. The van der Waals surface area contributed by atoms with Crippen LogP contribution >= 0.6 is 0 Å². The molecular formula is C21H18N2O6. The van der Waals surface area contributed by atoms with Gasteiger partial charge >= 0.3 is 11.9 Å². The largest absolute Gasteiger partial charge is 0.465 e. The van der Waals surface area contributed by atoms with E-state index in [1.807, 2.05) is 18.2 Å². The van der Waals surface area contributed by atoms with Crippen LogP contribution in [0.15, 0.2) is 53.1 Å². The number of carbonyl (C=O) groups excluding carboxylic acids is 3. The summed E-state index contributed by atoms with van der Waals surface area (Å²) in [5.74, 6) is -1.48. The van der Waals surface area contributed by atoms with Crippen LogP contribution in [0, 0.1) is 6.92 Å². The lowest BCUT2D eigenvalue weighted by molar-refractivity contribution is 0.0599. The Kier molecular flexibility index (Phi) is 5.73. The third-order valence-electron chi connectivity index (χ3n) is 4.17. The highest BCUT2D eigenvalue weighted by molar-refractivity contribution is 6.09. The molecule has 1 N–H and O–H groups in total. The van der Waals surface area contributed by atoms with Crippen LogP contribution in [-0.4, -0.2) is 37.2 Å². The van der Waals surface area contributed by atoms with Crippen LogP contribution in [0.25, 0.3) is 11.3 Å². The fourth-order valence-corrected chi connectivity index (χ4v) is 2.80. The van der Waals surface area contributed by atoms with Crippen LogP contribution in [0.5, 0.6) is 0 Å². The number of nitrogens with one attached hydrogen (secondary N) is 1. The van der Waals surface area contributed by atoms with Crippen LogP contribution < -0.4 is 5.32 Å². The topological polar surface area (TPSA) is 108 Å². The van der Waals surface area contributed by atoms with E-state index in [9.17, 15) is 14.4 Å². The van der Waals surface area contributed by atoms with E-state index in [1.54, 1.807) is 19.1 Å². The van der Waals surface area contributed by atoms with Crippen LogP contribution in [0.2, 0.25) is 0 Å². The standard InChI is InChI=1S/C21H18N2O6/c1-12-17(18(23-29-12)13-7-5-4-6-8-13)19(24)22-16-10-14(20(25)27-2)9-15(11-16)21(26)28-3/h4-11H,1-3H3,(H,22,24). The minimum atomic E-state index is -0.655. The van der Waals surface area contributed by atoms with E-state index in [0.717, 1.165) is 0 Å². The minimum Gasteiger partial charge on any atom is -0.465 e. The number of methoxy groups -OCH3 is 2. The number of benzene rings is 2. The van der Waals surface area contributed by atoms with Crippen LogP contribution in [0.1, 0.15) is 36.8 Å². The van der Waals surface area contributed by atoms with Crippen molar-refractivity contribution in [2.24, 2.45) is 0 Å². The summed E-state index contributed by atoms with van der Waals surface area (Å²) < 4.78 is 14.6. The first-order valence-corrected chi connectivity index (χ1v) is 8.59. The van der Waals surface area contributed by atoms with E-state index in [2.05, 4.69) is 10.5 Å². The smallest absolute Gasteiger partial charge is 0.337 e. The summed E-state index contributed by atoms with van der Waals surface area (Å²) in [5, 5.41) is 6.66. The lowest BCUT2D eigenvalue weighted by Crippen LogP contribution is -2.15. The van der Waals surface area contributed by atoms with Gasteiger partial charge in [0, 0.05) is 11.3 Å². The summed E-state index contributed by atoms with van der Waals surface area (Å²) in [6, 6.07) is 13.2. The van der Waals surface area contributed by atoms with Crippen molar-refractivity contribution in [3.05, 3.63) is 71.0 Å². The van der Waals surface area contributed by atoms with Crippen LogP contribution in [0.4, 0.5) is 5.69 Å². The van der Waals surface area contributed by atoms with E-state index >= 15 is 0 Å². The quantitative estimate of drug-likeness (QED) is 0.660. The number of anilines is 1. The van der Waals surface area contributed by atoms with Gasteiger partial charge in [0.25, 0.3) is 5.91 Å². The molecule has 0 aliphatic carbocycles. The number of rotatable bonds is 5. The first-order valence-electron chi connectivity index (χ1n) is 8.59. The summed E-state index contributed by atoms with van der Waals surface area (Å²) >= 11 is 0. The van der Waals surface area contributed by atoms with Crippen molar-refractivity contribution in [1.82, 2.24) is 5.16 Å². The molecule has 0 radical (unpaired) electrons. The highest BCUT2D eigenvalue weighted by Gasteiger charge is 2.23. The normalized spacial score (nSPS) is 10.3. The lowest BCUT2D eigenvalue weighted by atomic mass is 10.0. The number of hydrogen-bond donors (Lipinski definition) is 1. The van der Waals surface area contributed by atoms with Gasteiger partial charge in [-0.3, -0.25) is 4.79 Å². The molecule has 1 amide bonds. The average Bonchev–Trinajstić information content (AvgIpc) is 3.14. The van der Waals surface area contributed by atoms with Crippen LogP contribution in [-0.2, 0) is 9.47 Å². The highest BCUT2D eigenvalue weighted by Crippen LogP contribution is 2.26. The maximum atomic E-state index is 12.9. The predicted octanol–water partition coefficient (Wildman–Crippen LogP) is 3.48. The fraction of sp³-hybridized carbons (Fsp3) is 0.143. The van der Waals surface area contributed by atoms with Crippen molar-refractivity contribution < 1.29 is 28.4 Å². The van der Waals surface area contributed by atoms with Crippen molar-refractivity contribution in [2.75, 3.05) is 19.5 Å². The summed E-state index contributed by atoms with van der Waals surface area (Å²) in [6.07, 6.45) is 0. The van der Waals surface area contributed by atoms with Gasteiger partial charge < -0.3 is 19.3 Å². The average molecular weight is 394 g/mol. The van der Waals surface area contributed by atoms with Gasteiger partial charge in [0.15, 0.2) is 0 Å². The molecule has 8 heteroatoms. The second kappa shape index (κ2) is 8.39. The predicted molar refractivity (Wildman–Crippen MR) is 104 cm³/mol. The molecule has 2 aromatic carbocycles. The Bertz CT molecular complexity index is 1040. The number of aryl methyl sites for hydroxylation is 1. The van der Waals surface area contributed by atoms with Gasteiger partial charge in [-0.1, -0.05) is 35.5 Å². The second-order valence-electron chi connectivity index (χ2n) is 6.06. The van der Waals surface area contributed by atoms with Gasteiger partial charge in [0.1, 0.15) is 17.0 Å². The first-order chi connectivity index (χ1) is 13.9. The fourth-order valence-electron chi connectivity index (χ4n) is 2.80. The zero-order valence-corrected chi connectivity index (χ0v) is 16.0. The van der Waals surface area contributed by atoms with Gasteiger partial charge in [0.2, 0.25) is 0 Å². The van der Waals surface area contributed by atoms with Crippen molar-refractivity contribution >= 4 is 23.5 Å². The highest BCUT2D eigenvalue weighted by atomic mass is 16.5. The number of esters is 2. The van der Waals surface area contributed by atoms with Crippen molar-refractivity contribution in [1.29, 1.82) is 0 Å². The summed E-state index contributed by atoms with van der Waals surface area (Å²) in [6.45, 7) is 1.62. The maximum Gasteiger partial charge on any atom is 0.337 e.